The molecule has 27 heavy (non-hydrogen) atoms. The van der Waals surface area contributed by atoms with Crippen LogP contribution in [-0.4, -0.2) is 37.7 Å². The summed E-state index contributed by atoms with van der Waals surface area (Å²) in [6, 6.07) is 15.0. The molecule has 1 atom stereocenters. The molecule has 2 amide bonds. The first-order valence-electron chi connectivity index (χ1n) is 9.39. The lowest BCUT2D eigenvalue weighted by molar-refractivity contribution is 0.0527. The zero-order valence-corrected chi connectivity index (χ0v) is 15.4. The number of carbonyl (C=O) groups is 2. The molecule has 4 rings (SSSR count). The Kier molecular flexibility index (Phi) is 4.71. The van der Waals surface area contributed by atoms with Gasteiger partial charge >= 0.3 is 12.0 Å². The standard InChI is InChI=1S/C21H23N3O3/c1-2-27-20(25)16-9-3-4-10-17(16)22-21(26)24-14-15-8-7-13-23(15)18-11-5-6-12-19(18)24/h3-6,9-12,15H,2,7-8,13-14H2,1H3,(H,22,26)/t15-/m1/s1. The summed E-state index contributed by atoms with van der Waals surface area (Å²) in [5.41, 5.74) is 2.83. The highest BCUT2D eigenvalue weighted by Crippen LogP contribution is 2.39. The number of urea groups is 1. The Balaban J connectivity index is 1.61. The predicted octanol–water partition coefficient (Wildman–Crippen LogP) is 3.88. The third-order valence-electron chi connectivity index (χ3n) is 5.16. The quantitative estimate of drug-likeness (QED) is 0.839. The first kappa shape index (κ1) is 17.4. The van der Waals surface area contributed by atoms with Gasteiger partial charge in [0.2, 0.25) is 0 Å². The van der Waals surface area contributed by atoms with Crippen LogP contribution < -0.4 is 15.1 Å². The van der Waals surface area contributed by atoms with E-state index in [0.717, 1.165) is 30.8 Å². The zero-order valence-electron chi connectivity index (χ0n) is 15.4. The Morgan fingerprint density at radius 3 is 2.67 bits per heavy atom. The second-order valence-corrected chi connectivity index (χ2v) is 6.78. The van der Waals surface area contributed by atoms with Gasteiger partial charge in [-0.25, -0.2) is 9.59 Å². The Labute approximate surface area is 158 Å². The molecule has 0 spiro atoms. The summed E-state index contributed by atoms with van der Waals surface area (Å²) in [5, 5.41) is 2.91. The van der Waals surface area contributed by atoms with Gasteiger partial charge in [0.1, 0.15) is 0 Å². The molecule has 0 aliphatic carbocycles. The lowest BCUT2D eigenvalue weighted by atomic mass is 10.1. The molecule has 0 unspecified atom stereocenters. The number of hydrogen-bond acceptors (Lipinski definition) is 4. The summed E-state index contributed by atoms with van der Waals surface area (Å²) in [4.78, 5) is 29.4. The maximum absolute atomic E-state index is 13.1. The molecular formula is C21H23N3O3. The van der Waals surface area contributed by atoms with Gasteiger partial charge in [-0.05, 0) is 44.0 Å². The third-order valence-corrected chi connectivity index (χ3v) is 5.16. The average Bonchev–Trinajstić information content (AvgIpc) is 3.17. The smallest absolute Gasteiger partial charge is 0.340 e. The van der Waals surface area contributed by atoms with E-state index in [4.69, 9.17) is 4.74 Å². The fourth-order valence-corrected chi connectivity index (χ4v) is 3.94. The van der Waals surface area contributed by atoms with Gasteiger partial charge in [-0.15, -0.1) is 0 Å². The molecule has 0 bridgehead atoms. The van der Waals surface area contributed by atoms with Gasteiger partial charge in [-0.1, -0.05) is 24.3 Å². The van der Waals surface area contributed by atoms with Gasteiger partial charge in [0.05, 0.1) is 29.2 Å². The number of ether oxygens (including phenoxy) is 1. The van der Waals surface area contributed by atoms with Crippen molar-refractivity contribution >= 4 is 29.1 Å². The van der Waals surface area contributed by atoms with Crippen molar-refractivity contribution in [1.82, 2.24) is 0 Å². The van der Waals surface area contributed by atoms with E-state index < -0.39 is 5.97 Å². The van der Waals surface area contributed by atoms with E-state index in [1.54, 1.807) is 36.1 Å². The minimum Gasteiger partial charge on any atom is -0.462 e. The number of rotatable bonds is 3. The van der Waals surface area contributed by atoms with Crippen molar-refractivity contribution in [2.75, 3.05) is 34.8 Å². The SMILES string of the molecule is CCOC(=O)c1ccccc1NC(=O)N1C[C@H]2CCCN2c2ccccc21. The number of fused-ring (bicyclic) bond motifs is 3. The van der Waals surface area contributed by atoms with Gasteiger partial charge in [-0.2, -0.15) is 0 Å². The zero-order chi connectivity index (χ0) is 18.8. The van der Waals surface area contributed by atoms with Crippen LogP contribution in [0.2, 0.25) is 0 Å². The van der Waals surface area contributed by atoms with Crippen molar-refractivity contribution in [1.29, 1.82) is 0 Å². The maximum Gasteiger partial charge on any atom is 0.340 e. The summed E-state index contributed by atoms with van der Waals surface area (Å²) in [7, 11) is 0. The van der Waals surface area contributed by atoms with Crippen molar-refractivity contribution in [2.24, 2.45) is 0 Å². The van der Waals surface area contributed by atoms with Crippen LogP contribution in [0.4, 0.5) is 21.9 Å². The van der Waals surface area contributed by atoms with Crippen LogP contribution in [0.3, 0.4) is 0 Å². The molecule has 2 aromatic carbocycles. The van der Waals surface area contributed by atoms with E-state index >= 15 is 0 Å². The highest BCUT2D eigenvalue weighted by molar-refractivity contribution is 6.08. The van der Waals surface area contributed by atoms with E-state index in [1.807, 2.05) is 18.2 Å². The van der Waals surface area contributed by atoms with Crippen LogP contribution in [0, 0.1) is 0 Å². The lowest BCUT2D eigenvalue weighted by Gasteiger charge is -2.40. The second-order valence-electron chi connectivity index (χ2n) is 6.78. The monoisotopic (exact) mass is 365 g/mol. The van der Waals surface area contributed by atoms with Crippen LogP contribution in [0.5, 0.6) is 0 Å². The summed E-state index contributed by atoms with van der Waals surface area (Å²) in [6.45, 7) is 3.72. The topological polar surface area (TPSA) is 61.9 Å². The normalized spacial score (nSPS) is 17.9. The lowest BCUT2D eigenvalue weighted by Crippen LogP contribution is -2.49. The number of hydrogen-bond donors (Lipinski definition) is 1. The van der Waals surface area contributed by atoms with Crippen LogP contribution in [0.15, 0.2) is 48.5 Å². The molecule has 1 N–H and O–H groups in total. The molecule has 2 heterocycles. The number of para-hydroxylation sites is 3. The first-order chi connectivity index (χ1) is 13.2. The summed E-state index contributed by atoms with van der Waals surface area (Å²) < 4.78 is 5.10. The van der Waals surface area contributed by atoms with E-state index in [9.17, 15) is 9.59 Å². The van der Waals surface area contributed by atoms with Gasteiger partial charge in [0.25, 0.3) is 0 Å². The highest BCUT2D eigenvalue weighted by Gasteiger charge is 2.36. The molecule has 0 radical (unpaired) electrons. The first-order valence-corrected chi connectivity index (χ1v) is 9.39. The number of benzene rings is 2. The maximum atomic E-state index is 13.1. The van der Waals surface area contributed by atoms with Crippen molar-refractivity contribution in [3.05, 3.63) is 54.1 Å². The Morgan fingerprint density at radius 1 is 1.11 bits per heavy atom. The molecule has 6 heteroatoms. The number of nitrogens with zero attached hydrogens (tertiary/aromatic N) is 2. The highest BCUT2D eigenvalue weighted by atomic mass is 16.5. The van der Waals surface area contributed by atoms with Crippen LogP contribution in [0.25, 0.3) is 0 Å². The molecule has 2 aliphatic heterocycles. The van der Waals surface area contributed by atoms with Crippen LogP contribution >= 0.6 is 0 Å². The summed E-state index contributed by atoms with van der Waals surface area (Å²) >= 11 is 0. The number of esters is 1. The molecule has 140 valence electrons. The minimum atomic E-state index is -0.436. The fraction of sp³-hybridized carbons (Fsp3) is 0.333. The summed E-state index contributed by atoms with van der Waals surface area (Å²) in [6.07, 6.45) is 2.22. The Hall–Kier alpha value is -3.02. The minimum absolute atomic E-state index is 0.231. The van der Waals surface area contributed by atoms with E-state index in [-0.39, 0.29) is 12.6 Å². The molecule has 2 aromatic rings. The summed E-state index contributed by atoms with van der Waals surface area (Å²) in [5.74, 6) is -0.436. The van der Waals surface area contributed by atoms with E-state index in [2.05, 4.69) is 16.3 Å². The number of nitrogens with one attached hydrogen (secondary N) is 1. The van der Waals surface area contributed by atoms with Gasteiger partial charge in [0.15, 0.2) is 0 Å². The van der Waals surface area contributed by atoms with E-state index in [1.165, 1.54) is 0 Å². The Bertz CT molecular complexity index is 867. The van der Waals surface area contributed by atoms with Crippen LogP contribution in [0.1, 0.15) is 30.1 Å². The van der Waals surface area contributed by atoms with Gasteiger partial charge in [0, 0.05) is 19.1 Å². The van der Waals surface area contributed by atoms with E-state index in [0.29, 0.717) is 23.8 Å². The number of amides is 2. The third kappa shape index (κ3) is 3.23. The van der Waals surface area contributed by atoms with Crippen molar-refractivity contribution in [3.8, 4) is 0 Å². The molecule has 0 aromatic heterocycles. The molecule has 6 nitrogen and oxygen atoms in total. The Morgan fingerprint density at radius 2 is 1.85 bits per heavy atom. The van der Waals surface area contributed by atoms with Crippen LogP contribution in [-0.2, 0) is 4.74 Å². The molecule has 2 aliphatic rings. The average molecular weight is 365 g/mol. The molecule has 1 saturated heterocycles. The number of carbonyl (C=O) groups excluding carboxylic acids is 2. The molecule has 0 saturated carbocycles. The van der Waals surface area contributed by atoms with Crippen molar-refractivity contribution in [3.63, 3.8) is 0 Å². The second kappa shape index (κ2) is 7.31. The van der Waals surface area contributed by atoms with Gasteiger partial charge < -0.3 is 15.0 Å². The molecule has 1 fully saturated rings. The number of anilines is 3. The van der Waals surface area contributed by atoms with Crippen molar-refractivity contribution in [2.45, 2.75) is 25.8 Å². The van der Waals surface area contributed by atoms with Crippen molar-refractivity contribution < 1.29 is 14.3 Å². The predicted molar refractivity (Wildman–Crippen MR) is 106 cm³/mol. The van der Waals surface area contributed by atoms with Gasteiger partial charge in [-0.3, -0.25) is 4.90 Å². The molecular weight excluding hydrogens is 342 g/mol. The largest absolute Gasteiger partial charge is 0.462 e. The fourth-order valence-electron chi connectivity index (χ4n) is 3.94.